The molecule has 6 rings (SSSR count). The van der Waals surface area contributed by atoms with Crippen molar-refractivity contribution in [3.63, 3.8) is 0 Å². The van der Waals surface area contributed by atoms with Crippen LogP contribution in [0.15, 0.2) is 54.1 Å². The van der Waals surface area contributed by atoms with Gasteiger partial charge in [-0.05, 0) is 102 Å². The molecule has 324 valence electrons. The Bertz CT molecular complexity index is 1880. The molecule has 59 heavy (non-hydrogen) atoms. The van der Waals surface area contributed by atoms with Gasteiger partial charge in [0.15, 0.2) is 6.29 Å². The smallest absolute Gasteiger partial charge is 0.408 e. The van der Waals surface area contributed by atoms with E-state index in [9.17, 15) is 29.1 Å². The van der Waals surface area contributed by atoms with Gasteiger partial charge in [-0.1, -0.05) is 52.5 Å². The Morgan fingerprint density at radius 3 is 2.25 bits per heavy atom. The van der Waals surface area contributed by atoms with Gasteiger partial charge in [-0.3, -0.25) is 9.59 Å². The van der Waals surface area contributed by atoms with Crippen LogP contribution in [-0.4, -0.2) is 88.4 Å². The lowest BCUT2D eigenvalue weighted by Gasteiger charge is -2.68. The number of hydrogen-bond acceptors (Lipinski definition) is 12. The standard InChI is InChI=1S/C46H63NO12/c1-13-33-55-32-22-29-19-20-46(29,58-27(6)48)36-38(57-39(50)28-17-15-14-16-18-28)45(43(10,11)53)23-31(25(4)34(45)26(5)37(56-33)44(32,36)12)54-40(51)35(49)30(21-24(2)3)47-41(52)59-42(7,8)9/h13-18,24,26,29-33,36-38,53H,1,19-23H2,2-12H3,(H,47,52)/t26-,29+,30-,31-,32-,33-,36-,37?,38-,44+,45-,46-/m0/s1. The van der Waals surface area contributed by atoms with Crippen LogP contribution in [0.1, 0.15) is 119 Å². The van der Waals surface area contributed by atoms with Crippen LogP contribution >= 0.6 is 0 Å². The van der Waals surface area contributed by atoms with Gasteiger partial charge in [0.1, 0.15) is 29.5 Å². The molecule has 4 fully saturated rings. The van der Waals surface area contributed by atoms with E-state index >= 15 is 0 Å². The first-order chi connectivity index (χ1) is 27.4. The van der Waals surface area contributed by atoms with Crippen LogP contribution in [0.25, 0.3) is 0 Å². The Balaban J connectivity index is 1.52. The number of carbonyl (C=O) groups is 5. The molecule has 1 aromatic carbocycles. The van der Waals surface area contributed by atoms with Crippen molar-refractivity contribution in [2.24, 2.45) is 34.5 Å². The summed E-state index contributed by atoms with van der Waals surface area (Å²) >= 11 is 0. The molecule has 1 aliphatic heterocycles. The monoisotopic (exact) mass is 821 g/mol. The van der Waals surface area contributed by atoms with Crippen LogP contribution in [0.2, 0.25) is 0 Å². The molecule has 0 bridgehead atoms. The van der Waals surface area contributed by atoms with Gasteiger partial charge < -0.3 is 38.8 Å². The minimum atomic E-state index is -1.69. The maximum atomic E-state index is 14.5. The number of benzene rings is 1. The predicted octanol–water partition coefficient (Wildman–Crippen LogP) is 6.79. The summed E-state index contributed by atoms with van der Waals surface area (Å²) in [6.07, 6.45) is -1.57. The highest BCUT2D eigenvalue weighted by Gasteiger charge is 2.79. The van der Waals surface area contributed by atoms with Crippen molar-refractivity contribution in [1.29, 1.82) is 0 Å². The second-order valence-corrected chi connectivity index (χ2v) is 19.5. The Hall–Kier alpha value is -4.07. The number of alkyl carbamates (subject to hydrolysis) is 1. The number of carbonyl (C=O) groups excluding carboxylic acids is 5. The molecule has 1 amide bonds. The molecule has 0 radical (unpaired) electrons. The Kier molecular flexibility index (Phi) is 11.9. The molecule has 0 spiro atoms. The minimum Gasteiger partial charge on any atom is -0.458 e. The van der Waals surface area contributed by atoms with Gasteiger partial charge in [0.05, 0.1) is 28.8 Å². The molecule has 1 heterocycles. The van der Waals surface area contributed by atoms with Gasteiger partial charge in [-0.25, -0.2) is 14.4 Å². The number of amides is 1. The maximum absolute atomic E-state index is 14.5. The molecule has 2 N–H and O–H groups in total. The van der Waals surface area contributed by atoms with E-state index in [4.69, 9.17) is 28.4 Å². The fourth-order valence-corrected chi connectivity index (χ4v) is 11.5. The zero-order chi connectivity index (χ0) is 43.6. The van der Waals surface area contributed by atoms with Crippen molar-refractivity contribution in [2.45, 2.75) is 162 Å². The van der Waals surface area contributed by atoms with E-state index in [1.165, 1.54) is 6.92 Å². The summed E-state index contributed by atoms with van der Waals surface area (Å²) in [6, 6.07) is 7.31. The van der Waals surface area contributed by atoms with Crippen molar-refractivity contribution < 1.29 is 57.5 Å². The summed E-state index contributed by atoms with van der Waals surface area (Å²) < 4.78 is 38.4. The summed E-state index contributed by atoms with van der Waals surface area (Å²) in [5.41, 5.74) is -4.60. The van der Waals surface area contributed by atoms with Crippen LogP contribution in [0.3, 0.4) is 0 Å². The number of Topliss-reactive ketones (excluding diaryl/α,β-unsaturated/α-hetero) is 1. The Morgan fingerprint density at radius 1 is 1.05 bits per heavy atom. The summed E-state index contributed by atoms with van der Waals surface area (Å²) in [5.74, 6) is -4.82. The lowest BCUT2D eigenvalue weighted by atomic mass is 9.43. The SMILES string of the molecule is C=C[C@@H]1OC2[C@@H](C)C3=C(C)[C@@H](OC(=O)C(=O)[C@H](CC(C)C)NC(=O)OC(C)(C)C)C[C@@]3(C(C)(C)O)[C@@H](OC(=O)c3ccccc3)[C@@H]3[C@]4(OC(C)=O)CC[C@@H]4C[C@H](O1)[C@@]23C. The molecule has 13 nitrogen and oxygen atoms in total. The molecule has 12 atom stereocenters. The minimum absolute atomic E-state index is 0.0830. The van der Waals surface area contributed by atoms with E-state index in [1.54, 1.807) is 78.0 Å². The van der Waals surface area contributed by atoms with E-state index in [0.29, 0.717) is 24.0 Å². The van der Waals surface area contributed by atoms with Gasteiger partial charge >= 0.3 is 24.0 Å². The Morgan fingerprint density at radius 2 is 1.71 bits per heavy atom. The topological polar surface area (TPSA) is 173 Å². The third kappa shape index (κ3) is 7.64. The highest BCUT2D eigenvalue weighted by molar-refractivity contribution is 6.36. The average Bonchev–Trinajstić information content (AvgIpc) is 3.39. The van der Waals surface area contributed by atoms with Crippen molar-refractivity contribution in [3.05, 3.63) is 59.7 Å². The first-order valence-electron chi connectivity index (χ1n) is 21.0. The van der Waals surface area contributed by atoms with E-state index in [2.05, 4.69) is 11.9 Å². The van der Waals surface area contributed by atoms with Gasteiger partial charge in [-0.15, -0.1) is 0 Å². The van der Waals surface area contributed by atoms with Crippen LogP contribution in [0.5, 0.6) is 0 Å². The number of aliphatic hydroxyl groups is 1. The van der Waals surface area contributed by atoms with Crippen molar-refractivity contribution >= 4 is 29.8 Å². The van der Waals surface area contributed by atoms with Gasteiger partial charge in [0, 0.05) is 36.5 Å². The quantitative estimate of drug-likeness (QED) is 0.104. The summed E-state index contributed by atoms with van der Waals surface area (Å²) in [7, 11) is 0. The predicted molar refractivity (Wildman–Crippen MR) is 216 cm³/mol. The van der Waals surface area contributed by atoms with E-state index in [1.807, 2.05) is 27.7 Å². The maximum Gasteiger partial charge on any atom is 0.408 e. The first kappa shape index (κ1) is 44.5. The van der Waals surface area contributed by atoms with Crippen LogP contribution in [0, 0.1) is 34.5 Å². The van der Waals surface area contributed by atoms with E-state index in [-0.39, 0.29) is 30.2 Å². The van der Waals surface area contributed by atoms with Gasteiger partial charge in [-0.2, -0.15) is 0 Å². The molecule has 1 unspecified atom stereocenters. The molecular weight excluding hydrogens is 759 g/mol. The molecule has 5 aliphatic rings. The number of ether oxygens (including phenoxy) is 6. The molecule has 0 aromatic heterocycles. The van der Waals surface area contributed by atoms with Crippen LogP contribution in [0.4, 0.5) is 4.79 Å². The van der Waals surface area contributed by atoms with Gasteiger partial charge in [0.2, 0.25) is 0 Å². The highest BCUT2D eigenvalue weighted by Crippen LogP contribution is 2.72. The van der Waals surface area contributed by atoms with Crippen molar-refractivity contribution in [1.82, 2.24) is 5.32 Å². The third-order valence-corrected chi connectivity index (χ3v) is 13.8. The largest absolute Gasteiger partial charge is 0.458 e. The fraction of sp³-hybridized carbons (Fsp3) is 0.674. The van der Waals surface area contributed by atoms with Crippen molar-refractivity contribution in [3.8, 4) is 0 Å². The zero-order valence-corrected chi connectivity index (χ0v) is 36.4. The van der Waals surface area contributed by atoms with Crippen LogP contribution < -0.4 is 5.32 Å². The lowest BCUT2D eigenvalue weighted by Crippen LogP contribution is -2.75. The average molecular weight is 822 g/mol. The summed E-state index contributed by atoms with van der Waals surface area (Å²) in [6.45, 7) is 23.3. The number of ketones is 1. The summed E-state index contributed by atoms with van der Waals surface area (Å²) in [4.78, 5) is 68.5. The summed E-state index contributed by atoms with van der Waals surface area (Å²) in [5, 5.41) is 15.4. The lowest BCUT2D eigenvalue weighted by molar-refractivity contribution is -0.361. The molecule has 3 saturated carbocycles. The highest BCUT2D eigenvalue weighted by atomic mass is 16.7. The number of nitrogens with one attached hydrogen (secondary N) is 1. The molecule has 4 aliphatic carbocycles. The van der Waals surface area contributed by atoms with Crippen molar-refractivity contribution in [2.75, 3.05) is 0 Å². The van der Waals surface area contributed by atoms with Crippen LogP contribution in [-0.2, 0) is 42.8 Å². The Labute approximate surface area is 347 Å². The molecule has 13 heteroatoms. The number of fused-ring (bicyclic) bond motifs is 3. The zero-order valence-electron chi connectivity index (χ0n) is 36.4. The number of esters is 3. The fourth-order valence-electron chi connectivity index (χ4n) is 11.5. The molecule has 1 aromatic rings. The number of hydrogen-bond donors (Lipinski definition) is 2. The van der Waals surface area contributed by atoms with E-state index < -0.39 is 106 Å². The second-order valence-electron chi connectivity index (χ2n) is 19.5. The number of rotatable bonds is 11. The third-order valence-electron chi connectivity index (χ3n) is 13.8. The van der Waals surface area contributed by atoms with Gasteiger partial charge in [0.25, 0.3) is 5.78 Å². The first-order valence-corrected chi connectivity index (χ1v) is 21.0. The second kappa shape index (κ2) is 15.8. The molecule has 1 saturated heterocycles. The van der Waals surface area contributed by atoms with E-state index in [0.717, 1.165) is 6.42 Å². The normalized spacial score (nSPS) is 35.4. The molecular formula is C46H63NO12.